The van der Waals surface area contributed by atoms with Gasteiger partial charge < -0.3 is 5.32 Å². The standard InChI is InChI=1S/C12H17N2O3P/c1-2-9-4-5-10(8-11(9)14(16)17)12(15)13-6-3-7-18/h4-5,8H,2-3,6-7,18H2,1H3,(H,13,15). The second-order valence-corrected chi connectivity index (χ2v) is 4.43. The van der Waals surface area contributed by atoms with Gasteiger partial charge in [-0.05, 0) is 25.1 Å². The van der Waals surface area contributed by atoms with Crippen molar-refractivity contribution in [3.8, 4) is 0 Å². The Morgan fingerprint density at radius 2 is 2.22 bits per heavy atom. The van der Waals surface area contributed by atoms with Gasteiger partial charge in [0.1, 0.15) is 0 Å². The quantitative estimate of drug-likeness (QED) is 0.372. The molecule has 5 nitrogen and oxygen atoms in total. The van der Waals surface area contributed by atoms with E-state index in [1.165, 1.54) is 6.07 Å². The van der Waals surface area contributed by atoms with Gasteiger partial charge in [0.2, 0.25) is 0 Å². The SMILES string of the molecule is CCc1ccc(C(=O)NCCCP)cc1[N+](=O)[O-]. The van der Waals surface area contributed by atoms with Crippen molar-refractivity contribution in [1.82, 2.24) is 5.32 Å². The van der Waals surface area contributed by atoms with Crippen molar-refractivity contribution < 1.29 is 9.72 Å². The van der Waals surface area contributed by atoms with Crippen molar-refractivity contribution in [2.24, 2.45) is 0 Å². The Balaban J connectivity index is 2.87. The number of hydrogen-bond acceptors (Lipinski definition) is 3. The molecule has 0 radical (unpaired) electrons. The van der Waals surface area contributed by atoms with Gasteiger partial charge in [0.05, 0.1) is 4.92 Å². The molecule has 0 aliphatic carbocycles. The summed E-state index contributed by atoms with van der Waals surface area (Å²) in [5.41, 5.74) is 0.986. The number of nitrogens with one attached hydrogen (secondary N) is 1. The number of amides is 1. The number of nitro benzene ring substituents is 1. The van der Waals surface area contributed by atoms with Gasteiger partial charge in [0.25, 0.3) is 11.6 Å². The second kappa shape index (κ2) is 7.07. The molecule has 0 heterocycles. The summed E-state index contributed by atoms with van der Waals surface area (Å²) in [6.07, 6.45) is 2.35. The van der Waals surface area contributed by atoms with Crippen molar-refractivity contribution in [3.63, 3.8) is 0 Å². The van der Waals surface area contributed by atoms with E-state index >= 15 is 0 Å². The van der Waals surface area contributed by atoms with E-state index in [2.05, 4.69) is 14.6 Å². The maximum absolute atomic E-state index is 11.8. The van der Waals surface area contributed by atoms with Crippen LogP contribution in [0.2, 0.25) is 0 Å². The molecule has 1 rings (SSSR count). The Hall–Kier alpha value is -1.48. The number of aryl methyl sites for hydroxylation is 1. The van der Waals surface area contributed by atoms with E-state index in [9.17, 15) is 14.9 Å². The molecule has 98 valence electrons. The largest absolute Gasteiger partial charge is 0.352 e. The van der Waals surface area contributed by atoms with Gasteiger partial charge in [-0.3, -0.25) is 14.9 Å². The third kappa shape index (κ3) is 3.77. The molecule has 0 bridgehead atoms. The van der Waals surface area contributed by atoms with Crippen molar-refractivity contribution >= 4 is 20.8 Å². The Morgan fingerprint density at radius 1 is 1.50 bits per heavy atom. The minimum atomic E-state index is -0.446. The third-order valence-corrected chi connectivity index (χ3v) is 3.00. The van der Waals surface area contributed by atoms with E-state index in [1.54, 1.807) is 12.1 Å². The van der Waals surface area contributed by atoms with E-state index in [0.717, 1.165) is 12.6 Å². The topological polar surface area (TPSA) is 72.2 Å². The molecule has 1 atom stereocenters. The zero-order chi connectivity index (χ0) is 13.5. The molecule has 0 saturated heterocycles. The van der Waals surface area contributed by atoms with Crippen LogP contribution in [-0.2, 0) is 6.42 Å². The lowest BCUT2D eigenvalue weighted by Crippen LogP contribution is -2.24. The second-order valence-electron chi connectivity index (χ2n) is 3.85. The van der Waals surface area contributed by atoms with E-state index in [1.807, 2.05) is 6.92 Å². The molecule has 1 aromatic carbocycles. The average Bonchev–Trinajstić information content (AvgIpc) is 2.38. The van der Waals surface area contributed by atoms with E-state index in [0.29, 0.717) is 24.1 Å². The van der Waals surface area contributed by atoms with Gasteiger partial charge in [-0.15, -0.1) is 9.24 Å². The third-order valence-electron chi connectivity index (χ3n) is 2.59. The molecule has 1 N–H and O–H groups in total. The number of benzene rings is 1. The monoisotopic (exact) mass is 268 g/mol. The summed E-state index contributed by atoms with van der Waals surface area (Å²) in [6.45, 7) is 2.42. The summed E-state index contributed by atoms with van der Waals surface area (Å²) >= 11 is 0. The smallest absolute Gasteiger partial charge is 0.273 e. The maximum Gasteiger partial charge on any atom is 0.273 e. The van der Waals surface area contributed by atoms with Gasteiger partial charge >= 0.3 is 0 Å². The zero-order valence-electron chi connectivity index (χ0n) is 10.3. The van der Waals surface area contributed by atoms with Crippen molar-refractivity contribution in [1.29, 1.82) is 0 Å². The number of carbonyl (C=O) groups excluding carboxylic acids is 1. The average molecular weight is 268 g/mol. The fraction of sp³-hybridized carbons (Fsp3) is 0.417. The van der Waals surface area contributed by atoms with Crippen LogP contribution in [0.25, 0.3) is 0 Å². The van der Waals surface area contributed by atoms with Crippen LogP contribution in [0.5, 0.6) is 0 Å². The summed E-state index contributed by atoms with van der Waals surface area (Å²) in [5.74, 6) is -0.265. The fourth-order valence-electron chi connectivity index (χ4n) is 1.58. The lowest BCUT2D eigenvalue weighted by atomic mass is 10.1. The van der Waals surface area contributed by atoms with Crippen LogP contribution >= 0.6 is 9.24 Å². The number of rotatable bonds is 6. The molecule has 1 amide bonds. The highest BCUT2D eigenvalue weighted by molar-refractivity contribution is 7.16. The van der Waals surface area contributed by atoms with Crippen molar-refractivity contribution in [3.05, 3.63) is 39.4 Å². The van der Waals surface area contributed by atoms with E-state index in [4.69, 9.17) is 0 Å². The zero-order valence-corrected chi connectivity index (χ0v) is 11.5. The summed E-state index contributed by atoms with van der Waals surface area (Å²) in [4.78, 5) is 22.2. The molecule has 1 aromatic rings. The molecular formula is C12H17N2O3P. The van der Waals surface area contributed by atoms with Crippen molar-refractivity contribution in [2.75, 3.05) is 12.7 Å². The maximum atomic E-state index is 11.8. The van der Waals surface area contributed by atoms with E-state index in [-0.39, 0.29) is 11.6 Å². The predicted molar refractivity (Wildman–Crippen MR) is 74.0 cm³/mol. The van der Waals surface area contributed by atoms with Crippen LogP contribution in [0.15, 0.2) is 18.2 Å². The number of carbonyl (C=O) groups is 1. The Kier molecular flexibility index (Phi) is 5.72. The fourth-order valence-corrected chi connectivity index (χ4v) is 1.78. The van der Waals surface area contributed by atoms with Crippen LogP contribution in [0.3, 0.4) is 0 Å². The first-order chi connectivity index (χ1) is 8.60. The summed E-state index contributed by atoms with van der Waals surface area (Å²) < 4.78 is 0. The molecule has 0 fully saturated rings. The number of nitro groups is 1. The molecule has 1 unspecified atom stereocenters. The summed E-state index contributed by atoms with van der Waals surface area (Å²) in [6, 6.07) is 4.61. The van der Waals surface area contributed by atoms with Crippen LogP contribution in [0.1, 0.15) is 29.3 Å². The van der Waals surface area contributed by atoms with Crippen LogP contribution < -0.4 is 5.32 Å². The van der Waals surface area contributed by atoms with Gasteiger partial charge in [0.15, 0.2) is 0 Å². The molecule has 0 spiro atoms. The first-order valence-electron chi connectivity index (χ1n) is 5.85. The highest BCUT2D eigenvalue weighted by Crippen LogP contribution is 2.20. The Morgan fingerprint density at radius 3 is 2.78 bits per heavy atom. The van der Waals surface area contributed by atoms with Crippen LogP contribution in [-0.4, -0.2) is 23.5 Å². The summed E-state index contributed by atoms with van der Waals surface area (Å²) in [5, 5.41) is 13.6. The normalized spacial score (nSPS) is 10.1. The summed E-state index contributed by atoms with van der Waals surface area (Å²) in [7, 11) is 2.58. The lowest BCUT2D eigenvalue weighted by Gasteiger charge is -2.06. The van der Waals surface area contributed by atoms with E-state index < -0.39 is 4.92 Å². The molecule has 0 aliphatic heterocycles. The molecule has 18 heavy (non-hydrogen) atoms. The molecular weight excluding hydrogens is 251 g/mol. The van der Waals surface area contributed by atoms with Gasteiger partial charge in [0, 0.05) is 23.7 Å². The number of hydrogen-bond donors (Lipinski definition) is 1. The molecule has 0 aromatic heterocycles. The lowest BCUT2D eigenvalue weighted by molar-refractivity contribution is -0.385. The van der Waals surface area contributed by atoms with Gasteiger partial charge in [-0.1, -0.05) is 13.0 Å². The minimum absolute atomic E-state index is 0.0104. The molecule has 0 aliphatic rings. The Labute approximate surface area is 108 Å². The van der Waals surface area contributed by atoms with Crippen LogP contribution in [0, 0.1) is 10.1 Å². The first-order valence-corrected chi connectivity index (χ1v) is 6.67. The Bertz CT molecular complexity index is 449. The van der Waals surface area contributed by atoms with Gasteiger partial charge in [-0.2, -0.15) is 0 Å². The van der Waals surface area contributed by atoms with Crippen molar-refractivity contribution in [2.45, 2.75) is 19.8 Å². The first kappa shape index (κ1) is 14.6. The highest BCUT2D eigenvalue weighted by atomic mass is 31.0. The van der Waals surface area contributed by atoms with Crippen LogP contribution in [0.4, 0.5) is 5.69 Å². The minimum Gasteiger partial charge on any atom is -0.352 e. The highest BCUT2D eigenvalue weighted by Gasteiger charge is 2.15. The van der Waals surface area contributed by atoms with Gasteiger partial charge in [-0.25, -0.2) is 0 Å². The predicted octanol–water partition coefficient (Wildman–Crippen LogP) is 2.15. The molecule has 6 heteroatoms. The number of nitrogens with zero attached hydrogens (tertiary/aromatic N) is 1. The molecule has 0 saturated carbocycles.